The lowest BCUT2D eigenvalue weighted by atomic mass is 9.88. The van der Waals surface area contributed by atoms with Gasteiger partial charge in [-0.05, 0) is 0 Å². The van der Waals surface area contributed by atoms with Gasteiger partial charge in [0.25, 0.3) is 0 Å². The molecule has 0 spiro atoms. The molecule has 0 aromatic heterocycles. The lowest BCUT2D eigenvalue weighted by Crippen LogP contribution is -2.67. The summed E-state index contributed by atoms with van der Waals surface area (Å²) in [7, 11) is 0. The number of rotatable bonds is 14. The van der Waals surface area contributed by atoms with Gasteiger partial charge in [-0.15, -0.1) is 0 Å². The van der Waals surface area contributed by atoms with Gasteiger partial charge in [-0.1, -0.05) is 0 Å². The highest BCUT2D eigenvalue weighted by atomic mass is 19.4. The second-order valence-electron chi connectivity index (χ2n) is 6.97. The average molecular weight is 462 g/mol. The molecule has 11 nitrogen and oxygen atoms in total. The van der Waals surface area contributed by atoms with E-state index in [0.29, 0.717) is 39.6 Å². The van der Waals surface area contributed by atoms with Crippen molar-refractivity contribution >= 4 is 5.91 Å². The van der Waals surface area contributed by atoms with Gasteiger partial charge in [0.05, 0.1) is 59.5 Å². The van der Waals surface area contributed by atoms with Gasteiger partial charge in [0, 0.05) is 6.54 Å². The third-order valence-corrected chi connectivity index (χ3v) is 4.65. The van der Waals surface area contributed by atoms with E-state index in [1.807, 2.05) is 0 Å². The highest BCUT2D eigenvalue weighted by Gasteiger charge is 2.60. The average Bonchev–Trinajstić information content (AvgIpc) is 3.12. The number of fused-ring (bicyclic) bond motifs is 2. The maximum absolute atomic E-state index is 12.5. The van der Waals surface area contributed by atoms with E-state index in [-0.39, 0.29) is 26.4 Å². The predicted molar refractivity (Wildman–Crippen MR) is 95.9 cm³/mol. The molecule has 1 amide bonds. The second-order valence-corrected chi connectivity index (χ2v) is 6.97. The molecule has 14 heteroatoms. The van der Waals surface area contributed by atoms with Crippen LogP contribution in [-0.4, -0.2) is 118 Å². The number of alkyl halides is 3. The van der Waals surface area contributed by atoms with Crippen LogP contribution in [0.1, 0.15) is 0 Å². The maximum atomic E-state index is 12.5. The minimum Gasteiger partial charge on any atom is -0.388 e. The molecule has 2 heterocycles. The Morgan fingerprint density at radius 2 is 1.58 bits per heavy atom. The fraction of sp³-hybridized carbons (Fsp3) is 0.941. The third-order valence-electron chi connectivity index (χ3n) is 4.65. The van der Waals surface area contributed by atoms with Gasteiger partial charge >= 0.3 is 12.1 Å². The van der Waals surface area contributed by atoms with Gasteiger partial charge in [0.15, 0.2) is 6.29 Å². The number of amides is 1. The largest absolute Gasteiger partial charge is 0.471 e. The first-order chi connectivity index (χ1) is 14.7. The standard InChI is InChI=1S/C17H29F3N2O9/c18-17(19,20)15(25)22-11-12(23)13(24)16(10-30-14(11)31-16)9-29-8-7-28-6-5-27-4-3-26-2-1-21/h11-14,23-24H,1-10,21H2,(H,22,25)/t11-,12-,13-,14+,16+/m1/s1. The van der Waals surface area contributed by atoms with Crippen molar-refractivity contribution in [1.29, 1.82) is 0 Å². The van der Waals surface area contributed by atoms with Crippen molar-refractivity contribution in [2.24, 2.45) is 5.73 Å². The normalized spacial score (nSPS) is 30.5. The Morgan fingerprint density at radius 1 is 1.03 bits per heavy atom. The number of ether oxygens (including phenoxy) is 6. The van der Waals surface area contributed by atoms with Gasteiger partial charge in [-0.25, -0.2) is 0 Å². The fourth-order valence-corrected chi connectivity index (χ4v) is 3.06. The zero-order valence-electron chi connectivity index (χ0n) is 16.8. The minimum atomic E-state index is -5.15. The molecule has 0 aromatic rings. The van der Waals surface area contributed by atoms with E-state index in [2.05, 4.69) is 0 Å². The van der Waals surface area contributed by atoms with E-state index < -0.39 is 42.2 Å². The summed E-state index contributed by atoms with van der Waals surface area (Å²) in [5.74, 6) is -2.27. The Hall–Kier alpha value is -1.10. The highest BCUT2D eigenvalue weighted by Crippen LogP contribution is 2.37. The molecule has 31 heavy (non-hydrogen) atoms. The summed E-state index contributed by atoms with van der Waals surface area (Å²) in [6.07, 6.45) is -9.88. The first-order valence-electron chi connectivity index (χ1n) is 9.75. The molecule has 0 saturated carbocycles. The zero-order chi connectivity index (χ0) is 22.9. The van der Waals surface area contributed by atoms with Crippen LogP contribution >= 0.6 is 0 Å². The molecular formula is C17H29F3N2O9. The molecule has 2 rings (SSSR count). The van der Waals surface area contributed by atoms with Crippen molar-refractivity contribution in [3.8, 4) is 0 Å². The van der Waals surface area contributed by atoms with Crippen molar-refractivity contribution in [3.05, 3.63) is 0 Å². The quantitative estimate of drug-likeness (QED) is 0.212. The number of aliphatic hydroxyl groups is 2. The van der Waals surface area contributed by atoms with Crippen LogP contribution in [0.5, 0.6) is 0 Å². The van der Waals surface area contributed by atoms with Crippen molar-refractivity contribution in [3.63, 3.8) is 0 Å². The Bertz CT molecular complexity index is 557. The van der Waals surface area contributed by atoms with Crippen molar-refractivity contribution in [1.82, 2.24) is 5.32 Å². The van der Waals surface area contributed by atoms with Gasteiger partial charge < -0.3 is 49.7 Å². The van der Waals surface area contributed by atoms with Crippen LogP contribution in [0.3, 0.4) is 0 Å². The third kappa shape index (κ3) is 7.47. The maximum Gasteiger partial charge on any atom is 0.471 e. The number of aliphatic hydroxyl groups excluding tert-OH is 2. The minimum absolute atomic E-state index is 0.131. The molecule has 2 bridgehead atoms. The van der Waals surface area contributed by atoms with Gasteiger partial charge in [-0.3, -0.25) is 4.79 Å². The van der Waals surface area contributed by atoms with Crippen LogP contribution in [0.2, 0.25) is 0 Å². The Morgan fingerprint density at radius 3 is 2.13 bits per heavy atom. The number of carbonyl (C=O) groups is 1. The Balaban J connectivity index is 1.64. The summed E-state index contributed by atoms with van der Waals surface area (Å²) in [4.78, 5) is 11.1. The highest BCUT2D eigenvalue weighted by molar-refractivity contribution is 5.82. The molecule has 2 saturated heterocycles. The lowest BCUT2D eigenvalue weighted by molar-refractivity contribution is -0.240. The molecule has 0 radical (unpaired) electrons. The van der Waals surface area contributed by atoms with E-state index in [1.165, 1.54) is 0 Å². The predicted octanol–water partition coefficient (Wildman–Crippen LogP) is -2.09. The number of nitrogens with one attached hydrogen (secondary N) is 1. The molecule has 0 unspecified atom stereocenters. The summed E-state index contributed by atoms with van der Waals surface area (Å²) in [6.45, 7) is 2.42. The van der Waals surface area contributed by atoms with E-state index >= 15 is 0 Å². The van der Waals surface area contributed by atoms with E-state index in [4.69, 9.17) is 34.2 Å². The molecule has 0 aromatic carbocycles. The smallest absolute Gasteiger partial charge is 0.388 e. The van der Waals surface area contributed by atoms with E-state index in [9.17, 15) is 28.2 Å². The summed E-state index contributed by atoms with van der Waals surface area (Å²) >= 11 is 0. The second kappa shape index (κ2) is 12.2. The van der Waals surface area contributed by atoms with Crippen LogP contribution in [0.25, 0.3) is 0 Å². The van der Waals surface area contributed by atoms with Crippen LogP contribution in [0, 0.1) is 0 Å². The number of hydrogen-bond donors (Lipinski definition) is 4. The summed E-state index contributed by atoms with van der Waals surface area (Å²) in [5, 5.41) is 22.1. The van der Waals surface area contributed by atoms with Gasteiger partial charge in [0.2, 0.25) is 0 Å². The molecule has 2 aliphatic heterocycles. The van der Waals surface area contributed by atoms with Crippen LogP contribution in [0.4, 0.5) is 13.2 Å². The van der Waals surface area contributed by atoms with Gasteiger partial charge in [0.1, 0.15) is 23.9 Å². The van der Waals surface area contributed by atoms with Crippen LogP contribution in [0.15, 0.2) is 0 Å². The summed E-state index contributed by atoms with van der Waals surface area (Å²) in [5.41, 5.74) is 3.81. The Labute approximate surface area is 176 Å². The molecule has 2 aliphatic rings. The molecule has 182 valence electrons. The van der Waals surface area contributed by atoms with Crippen molar-refractivity contribution in [2.75, 3.05) is 66.0 Å². The number of carbonyl (C=O) groups excluding carboxylic acids is 1. The Kier molecular flexibility index (Phi) is 10.3. The first kappa shape index (κ1) is 26.2. The van der Waals surface area contributed by atoms with Gasteiger partial charge in [-0.2, -0.15) is 13.2 Å². The molecular weight excluding hydrogens is 433 g/mol. The molecule has 5 atom stereocenters. The zero-order valence-corrected chi connectivity index (χ0v) is 16.8. The summed E-state index contributed by atoms with van der Waals surface area (Å²) < 4.78 is 69.2. The molecule has 2 fully saturated rings. The number of hydrogen-bond acceptors (Lipinski definition) is 10. The van der Waals surface area contributed by atoms with Crippen LogP contribution in [-0.2, 0) is 33.2 Å². The topological polar surface area (TPSA) is 151 Å². The van der Waals surface area contributed by atoms with E-state index in [0.717, 1.165) is 0 Å². The van der Waals surface area contributed by atoms with E-state index in [1.54, 1.807) is 5.32 Å². The number of halogens is 3. The monoisotopic (exact) mass is 462 g/mol. The molecule has 5 N–H and O–H groups in total. The SMILES string of the molecule is NCCOCCOCCOCCOC[C@@]12CO[C@@H](O1)[C@H](NC(=O)C(F)(F)F)[C@@H](O)[C@H]2O. The lowest BCUT2D eigenvalue weighted by Gasteiger charge is -2.42. The van der Waals surface area contributed by atoms with Crippen molar-refractivity contribution < 1.29 is 56.6 Å². The van der Waals surface area contributed by atoms with Crippen LogP contribution < -0.4 is 11.1 Å². The first-order valence-corrected chi connectivity index (χ1v) is 9.75. The fourth-order valence-electron chi connectivity index (χ4n) is 3.06. The number of nitrogens with two attached hydrogens (primary N) is 1. The van der Waals surface area contributed by atoms with Crippen molar-refractivity contribution in [2.45, 2.75) is 36.3 Å². The molecule has 0 aliphatic carbocycles. The summed E-state index contributed by atoms with van der Waals surface area (Å²) in [6, 6.07) is -1.58.